The largest absolute Gasteiger partial charge is 1.00 e. The van der Waals surface area contributed by atoms with Crippen molar-refractivity contribution in [3.8, 4) is 0 Å². The second-order valence-electron chi connectivity index (χ2n) is 4.84. The van der Waals surface area contributed by atoms with Gasteiger partial charge in [-0.2, -0.15) is 0 Å². The molecule has 0 saturated carbocycles. The first-order valence-corrected chi connectivity index (χ1v) is 7.50. The SMILES string of the molecule is CCCC/C=C/CC([O-])=NCCN(CCCO)CC(=O)O.[Na+]. The number of rotatable bonds is 13. The Balaban J connectivity index is 0. The summed E-state index contributed by atoms with van der Waals surface area (Å²) in [6.45, 7) is 3.24. The zero-order valence-electron chi connectivity index (χ0n) is 13.8. The normalized spacial score (nSPS) is 11.9. The second-order valence-corrected chi connectivity index (χ2v) is 4.84. The van der Waals surface area contributed by atoms with Gasteiger partial charge in [0, 0.05) is 19.7 Å². The number of carbonyl (C=O) groups is 1. The summed E-state index contributed by atoms with van der Waals surface area (Å²) in [5, 5.41) is 29.0. The van der Waals surface area contributed by atoms with E-state index in [1.54, 1.807) is 4.90 Å². The number of aliphatic hydroxyl groups excluding tert-OH is 1. The molecule has 0 aromatic heterocycles. The quantitative estimate of drug-likeness (QED) is 0.130. The summed E-state index contributed by atoms with van der Waals surface area (Å²) in [7, 11) is 0. The van der Waals surface area contributed by atoms with E-state index < -0.39 is 5.97 Å². The van der Waals surface area contributed by atoms with Crippen LogP contribution in [0.4, 0.5) is 0 Å². The summed E-state index contributed by atoms with van der Waals surface area (Å²) in [6, 6.07) is 0. The fourth-order valence-electron chi connectivity index (χ4n) is 1.76. The van der Waals surface area contributed by atoms with Crippen molar-refractivity contribution in [3.63, 3.8) is 0 Å². The van der Waals surface area contributed by atoms with Gasteiger partial charge < -0.3 is 20.3 Å². The Morgan fingerprint density at radius 2 is 2.00 bits per heavy atom. The Morgan fingerprint density at radius 3 is 2.59 bits per heavy atom. The average Bonchev–Trinajstić information content (AvgIpc) is 2.43. The van der Waals surface area contributed by atoms with Crippen molar-refractivity contribution in [2.75, 3.05) is 32.8 Å². The number of allylic oxidation sites excluding steroid dienone is 1. The molecule has 0 unspecified atom stereocenters. The van der Waals surface area contributed by atoms with Crippen molar-refractivity contribution in [3.05, 3.63) is 12.2 Å². The van der Waals surface area contributed by atoms with E-state index in [1.165, 1.54) is 0 Å². The van der Waals surface area contributed by atoms with E-state index in [-0.39, 0.29) is 48.6 Å². The summed E-state index contributed by atoms with van der Waals surface area (Å²) in [5.41, 5.74) is 0. The number of hydrogen-bond donors (Lipinski definition) is 2. The molecule has 0 aliphatic carbocycles. The van der Waals surface area contributed by atoms with Crippen LogP contribution < -0.4 is 34.7 Å². The second kappa shape index (κ2) is 17.0. The molecule has 0 aromatic rings. The van der Waals surface area contributed by atoms with E-state index >= 15 is 0 Å². The van der Waals surface area contributed by atoms with Gasteiger partial charge in [0.1, 0.15) is 0 Å². The predicted octanol–water partition coefficient (Wildman–Crippen LogP) is -2.35. The first kappa shape index (κ1) is 23.9. The van der Waals surface area contributed by atoms with Crippen LogP contribution in [0, 0.1) is 0 Å². The minimum absolute atomic E-state index is 0. The van der Waals surface area contributed by atoms with Crippen molar-refractivity contribution < 1.29 is 49.7 Å². The van der Waals surface area contributed by atoms with Gasteiger partial charge in [-0.25, -0.2) is 0 Å². The van der Waals surface area contributed by atoms with Gasteiger partial charge in [-0.15, -0.1) is 0 Å². The molecule has 2 N–H and O–H groups in total. The van der Waals surface area contributed by atoms with Crippen molar-refractivity contribution in [2.24, 2.45) is 4.99 Å². The van der Waals surface area contributed by atoms with Crippen LogP contribution in [0.3, 0.4) is 0 Å². The smallest absolute Gasteiger partial charge is 0.862 e. The molecule has 0 bridgehead atoms. The molecule has 0 rings (SSSR count). The molecule has 0 fully saturated rings. The number of aliphatic carboxylic acids is 1. The zero-order valence-corrected chi connectivity index (χ0v) is 15.8. The van der Waals surface area contributed by atoms with Gasteiger partial charge in [-0.3, -0.25) is 9.69 Å². The molecular formula is C15H27N2NaO4. The molecule has 0 radical (unpaired) electrons. The number of hydrogen-bond acceptors (Lipinski definition) is 5. The number of carboxylic acids is 1. The molecule has 0 saturated heterocycles. The van der Waals surface area contributed by atoms with Crippen LogP contribution in [-0.2, 0) is 4.79 Å². The molecule has 0 aliphatic rings. The standard InChI is InChI=1S/C15H28N2O4.Na/c1-2-3-4-5-6-8-14(19)16-9-11-17(10-7-12-18)13-15(20)21;/h5-6,18H,2-4,7-13H2,1H3,(H,16,19)(H,20,21);/q;+1/p-1/b6-5+;. The van der Waals surface area contributed by atoms with E-state index in [0.29, 0.717) is 32.5 Å². The summed E-state index contributed by atoms with van der Waals surface area (Å²) < 4.78 is 0. The maximum absolute atomic E-state index is 11.5. The first-order chi connectivity index (χ1) is 10.1. The summed E-state index contributed by atoms with van der Waals surface area (Å²) >= 11 is 0. The number of carboxylic acid groups (broad SMARTS) is 1. The van der Waals surface area contributed by atoms with Crippen molar-refractivity contribution in [1.29, 1.82) is 0 Å². The maximum atomic E-state index is 11.5. The zero-order chi connectivity index (χ0) is 15.9. The topological polar surface area (TPSA) is 96.2 Å². The number of unbranched alkanes of at least 4 members (excludes halogenated alkanes) is 2. The van der Waals surface area contributed by atoms with Crippen LogP contribution in [0.25, 0.3) is 0 Å². The maximum Gasteiger partial charge on any atom is 1.00 e. The molecule has 122 valence electrons. The van der Waals surface area contributed by atoms with E-state index in [1.807, 2.05) is 12.2 Å². The van der Waals surface area contributed by atoms with Crippen LogP contribution in [0.2, 0.25) is 0 Å². The van der Waals surface area contributed by atoms with E-state index in [0.717, 1.165) is 19.3 Å². The number of nitrogens with zero attached hydrogens (tertiary/aromatic N) is 2. The van der Waals surface area contributed by atoms with E-state index in [9.17, 15) is 9.90 Å². The Bertz CT molecular complexity index is 336. The molecule has 7 heteroatoms. The minimum atomic E-state index is -0.918. The Kier molecular flexibility index (Phi) is 18.4. The van der Waals surface area contributed by atoms with E-state index in [4.69, 9.17) is 10.2 Å². The fourth-order valence-corrected chi connectivity index (χ4v) is 1.76. The molecule has 0 atom stereocenters. The first-order valence-electron chi connectivity index (χ1n) is 7.50. The third-order valence-electron chi connectivity index (χ3n) is 2.88. The average molecular weight is 322 g/mol. The van der Waals surface area contributed by atoms with Crippen LogP contribution in [0.5, 0.6) is 0 Å². The molecule has 6 nitrogen and oxygen atoms in total. The minimum Gasteiger partial charge on any atom is -0.862 e. The number of aliphatic imine (C=N–C) groups is 1. The molecule has 0 aromatic carbocycles. The Hall–Kier alpha value is -0.400. The van der Waals surface area contributed by atoms with Crippen molar-refractivity contribution in [2.45, 2.75) is 39.0 Å². The predicted molar refractivity (Wildman–Crippen MR) is 81.4 cm³/mol. The van der Waals surface area contributed by atoms with Gasteiger partial charge >= 0.3 is 35.5 Å². The summed E-state index contributed by atoms with van der Waals surface area (Å²) in [5.74, 6) is -1.10. The monoisotopic (exact) mass is 322 g/mol. The van der Waals surface area contributed by atoms with E-state index in [2.05, 4.69) is 11.9 Å². The third kappa shape index (κ3) is 16.0. The van der Waals surface area contributed by atoms with Gasteiger partial charge in [0.05, 0.1) is 13.1 Å². The van der Waals surface area contributed by atoms with Crippen LogP contribution in [0.15, 0.2) is 17.1 Å². The molecular weight excluding hydrogens is 295 g/mol. The van der Waals surface area contributed by atoms with Gasteiger partial charge in [-0.05, 0) is 25.2 Å². The summed E-state index contributed by atoms with van der Waals surface area (Å²) in [6.07, 6.45) is 7.89. The molecule has 0 aliphatic heterocycles. The Labute approximate surface area is 155 Å². The third-order valence-corrected chi connectivity index (χ3v) is 2.88. The van der Waals surface area contributed by atoms with Gasteiger partial charge in [0.2, 0.25) is 0 Å². The van der Waals surface area contributed by atoms with Crippen molar-refractivity contribution in [1.82, 2.24) is 4.90 Å². The molecule has 0 spiro atoms. The molecule has 22 heavy (non-hydrogen) atoms. The fraction of sp³-hybridized carbons (Fsp3) is 0.733. The van der Waals surface area contributed by atoms with Gasteiger partial charge in [0.15, 0.2) is 0 Å². The van der Waals surface area contributed by atoms with Crippen LogP contribution >= 0.6 is 0 Å². The van der Waals surface area contributed by atoms with Crippen molar-refractivity contribution >= 4 is 11.9 Å². The summed E-state index contributed by atoms with van der Waals surface area (Å²) in [4.78, 5) is 16.3. The van der Waals surface area contributed by atoms with Gasteiger partial charge in [-0.1, -0.05) is 31.9 Å². The van der Waals surface area contributed by atoms with Gasteiger partial charge in [0.25, 0.3) is 0 Å². The van der Waals surface area contributed by atoms with Crippen LogP contribution in [-0.4, -0.2) is 59.8 Å². The van der Waals surface area contributed by atoms with Crippen LogP contribution in [0.1, 0.15) is 39.0 Å². The Morgan fingerprint density at radius 1 is 1.27 bits per heavy atom. The molecule has 0 amide bonds. The number of aliphatic hydroxyl groups is 1. The molecule has 0 heterocycles.